The van der Waals surface area contributed by atoms with Gasteiger partial charge in [0.1, 0.15) is 11.5 Å². The van der Waals surface area contributed by atoms with Crippen molar-refractivity contribution in [3.8, 4) is 11.5 Å². The lowest BCUT2D eigenvalue weighted by Crippen LogP contribution is -2.29. The first-order chi connectivity index (χ1) is 14.1. The maximum absolute atomic E-state index is 12.2. The highest BCUT2D eigenvalue weighted by Gasteiger charge is 2.10. The Morgan fingerprint density at radius 3 is 2.59 bits per heavy atom. The van der Waals surface area contributed by atoms with Gasteiger partial charge >= 0.3 is 0 Å². The molecule has 0 aromatic heterocycles. The summed E-state index contributed by atoms with van der Waals surface area (Å²) in [6.45, 7) is 1.76. The van der Waals surface area contributed by atoms with Crippen molar-refractivity contribution in [2.75, 3.05) is 20.8 Å². The molecule has 0 heterocycles. The van der Waals surface area contributed by atoms with Crippen molar-refractivity contribution in [3.63, 3.8) is 0 Å². The quantitative estimate of drug-likeness (QED) is 0.463. The molecule has 3 aromatic rings. The molecule has 0 aliphatic heterocycles. The zero-order valence-corrected chi connectivity index (χ0v) is 16.7. The second kappa shape index (κ2) is 9.59. The third kappa shape index (κ3) is 5.25. The first-order valence-corrected chi connectivity index (χ1v) is 9.26. The van der Waals surface area contributed by atoms with E-state index in [0.717, 1.165) is 10.9 Å². The minimum Gasteiger partial charge on any atom is -0.497 e. The Bertz CT molecular complexity index is 1020. The summed E-state index contributed by atoms with van der Waals surface area (Å²) < 4.78 is 10.5. The van der Waals surface area contributed by atoms with E-state index in [1.54, 1.807) is 32.4 Å². The summed E-state index contributed by atoms with van der Waals surface area (Å²) in [7, 11) is 3.15. The Morgan fingerprint density at radius 1 is 1.03 bits per heavy atom. The van der Waals surface area contributed by atoms with Gasteiger partial charge in [0.2, 0.25) is 0 Å². The van der Waals surface area contributed by atoms with E-state index < -0.39 is 0 Å². The third-order valence-corrected chi connectivity index (χ3v) is 4.55. The van der Waals surface area contributed by atoms with Crippen LogP contribution in [0.25, 0.3) is 10.8 Å². The summed E-state index contributed by atoms with van der Waals surface area (Å²) in [5.41, 5.74) is 1.72. The number of hydrogen-bond acceptors (Lipinski definition) is 5. The van der Waals surface area contributed by atoms with Crippen LogP contribution < -0.4 is 14.8 Å². The minimum atomic E-state index is -0.250. The molecule has 3 rings (SSSR count). The van der Waals surface area contributed by atoms with Crippen molar-refractivity contribution in [1.82, 2.24) is 5.32 Å². The summed E-state index contributed by atoms with van der Waals surface area (Å²) in [6.07, 6.45) is 1.49. The van der Waals surface area contributed by atoms with Crippen LogP contribution in [0.2, 0.25) is 0 Å². The Kier molecular flexibility index (Phi) is 6.68. The van der Waals surface area contributed by atoms with E-state index in [0.29, 0.717) is 17.1 Å². The van der Waals surface area contributed by atoms with Crippen LogP contribution in [-0.4, -0.2) is 32.9 Å². The van der Waals surface area contributed by atoms with Crippen molar-refractivity contribution in [2.24, 2.45) is 5.16 Å². The van der Waals surface area contributed by atoms with E-state index in [4.69, 9.17) is 14.3 Å². The van der Waals surface area contributed by atoms with E-state index in [1.165, 1.54) is 11.6 Å². The topological polar surface area (TPSA) is 69.1 Å². The monoisotopic (exact) mass is 392 g/mol. The number of ether oxygens (including phenoxy) is 2. The predicted molar refractivity (Wildman–Crippen MR) is 114 cm³/mol. The van der Waals surface area contributed by atoms with E-state index in [-0.39, 0.29) is 18.6 Å². The maximum Gasteiger partial charge on any atom is 0.261 e. The fourth-order valence-corrected chi connectivity index (χ4v) is 2.97. The first-order valence-electron chi connectivity index (χ1n) is 9.26. The van der Waals surface area contributed by atoms with Crippen LogP contribution in [0.5, 0.6) is 11.5 Å². The van der Waals surface area contributed by atoms with Gasteiger partial charge in [-0.3, -0.25) is 4.79 Å². The molecule has 6 nitrogen and oxygen atoms in total. The van der Waals surface area contributed by atoms with Gasteiger partial charge in [0.15, 0.2) is 6.61 Å². The molecule has 29 heavy (non-hydrogen) atoms. The van der Waals surface area contributed by atoms with Crippen molar-refractivity contribution < 1.29 is 19.1 Å². The lowest BCUT2D eigenvalue weighted by atomic mass is 10.0. The molecule has 0 unspecified atom stereocenters. The standard InChI is InChI=1S/C23H24N2O4/c1-16(18-9-8-17-6-4-5-7-19(17)12-18)25-23(26)15-29-24-14-20-13-21(27-2)10-11-22(20)28-3/h4-14,16H,15H2,1-3H3,(H,25,26)/b24-14-/t16-/m0/s1. The van der Waals surface area contributed by atoms with Crippen LogP contribution in [0.3, 0.4) is 0 Å². The van der Waals surface area contributed by atoms with Crippen molar-refractivity contribution >= 4 is 22.9 Å². The van der Waals surface area contributed by atoms with Gasteiger partial charge < -0.3 is 19.6 Å². The van der Waals surface area contributed by atoms with Crippen molar-refractivity contribution in [1.29, 1.82) is 0 Å². The van der Waals surface area contributed by atoms with Gasteiger partial charge in [-0.2, -0.15) is 0 Å². The van der Waals surface area contributed by atoms with Gasteiger partial charge in [-0.15, -0.1) is 0 Å². The van der Waals surface area contributed by atoms with E-state index >= 15 is 0 Å². The number of rotatable bonds is 8. The molecule has 1 amide bonds. The number of hydrogen-bond donors (Lipinski definition) is 1. The average molecular weight is 392 g/mol. The molecule has 150 valence electrons. The SMILES string of the molecule is COc1ccc(OC)c(/C=N\OCC(=O)N[C@@H](C)c2ccc3ccccc3c2)c1. The fourth-order valence-electron chi connectivity index (χ4n) is 2.97. The number of fused-ring (bicyclic) bond motifs is 1. The molecule has 0 aliphatic carbocycles. The number of carbonyl (C=O) groups excluding carboxylic acids is 1. The molecule has 1 N–H and O–H groups in total. The molecule has 0 fully saturated rings. The van der Waals surface area contributed by atoms with Gasteiger partial charge in [-0.05, 0) is 47.5 Å². The lowest BCUT2D eigenvalue weighted by molar-refractivity contribution is -0.126. The van der Waals surface area contributed by atoms with Crippen LogP contribution in [-0.2, 0) is 9.63 Å². The normalized spacial score (nSPS) is 12.0. The molecule has 0 radical (unpaired) electrons. The molecule has 0 saturated carbocycles. The lowest BCUT2D eigenvalue weighted by Gasteiger charge is -2.14. The molecule has 0 aliphatic rings. The fraction of sp³-hybridized carbons (Fsp3) is 0.217. The van der Waals surface area contributed by atoms with Gasteiger partial charge in [0.05, 0.1) is 26.5 Å². The Balaban J connectivity index is 1.54. The molecular formula is C23H24N2O4. The largest absolute Gasteiger partial charge is 0.497 e. The highest BCUT2D eigenvalue weighted by atomic mass is 16.6. The van der Waals surface area contributed by atoms with Crippen molar-refractivity contribution in [3.05, 3.63) is 71.8 Å². The summed E-state index contributed by atoms with van der Waals surface area (Å²) in [5.74, 6) is 1.06. The Hall–Kier alpha value is -3.54. The maximum atomic E-state index is 12.2. The molecule has 0 bridgehead atoms. The summed E-state index contributed by atoms with van der Waals surface area (Å²) in [5, 5.41) is 9.09. The summed E-state index contributed by atoms with van der Waals surface area (Å²) in [4.78, 5) is 17.3. The van der Waals surface area contributed by atoms with Crippen LogP contribution in [0.4, 0.5) is 0 Å². The zero-order chi connectivity index (χ0) is 20.6. The summed E-state index contributed by atoms with van der Waals surface area (Å²) in [6, 6.07) is 19.5. The molecular weight excluding hydrogens is 368 g/mol. The highest BCUT2D eigenvalue weighted by molar-refractivity contribution is 5.84. The molecule has 1 atom stereocenters. The number of nitrogens with one attached hydrogen (secondary N) is 1. The van der Waals surface area contributed by atoms with Gasteiger partial charge in [-0.25, -0.2) is 0 Å². The second-order valence-electron chi connectivity index (χ2n) is 6.51. The molecule has 0 saturated heterocycles. The van der Waals surface area contributed by atoms with Crippen LogP contribution in [0.1, 0.15) is 24.1 Å². The van der Waals surface area contributed by atoms with Crippen molar-refractivity contribution in [2.45, 2.75) is 13.0 Å². The number of methoxy groups -OCH3 is 2. The summed E-state index contributed by atoms with van der Waals surface area (Å²) >= 11 is 0. The number of carbonyl (C=O) groups is 1. The Labute approximate surface area is 170 Å². The van der Waals surface area contributed by atoms with Crippen LogP contribution in [0, 0.1) is 0 Å². The van der Waals surface area contributed by atoms with Gasteiger partial charge in [0.25, 0.3) is 5.91 Å². The van der Waals surface area contributed by atoms with E-state index in [9.17, 15) is 4.79 Å². The number of oxime groups is 1. The highest BCUT2D eigenvalue weighted by Crippen LogP contribution is 2.22. The van der Waals surface area contributed by atoms with Crippen LogP contribution >= 0.6 is 0 Å². The molecule has 0 spiro atoms. The number of benzene rings is 3. The third-order valence-electron chi connectivity index (χ3n) is 4.55. The molecule has 6 heteroatoms. The number of nitrogens with zero attached hydrogens (tertiary/aromatic N) is 1. The van der Waals surface area contributed by atoms with E-state index in [2.05, 4.69) is 34.7 Å². The second-order valence-corrected chi connectivity index (χ2v) is 6.51. The van der Waals surface area contributed by atoms with Crippen LogP contribution in [0.15, 0.2) is 65.8 Å². The van der Waals surface area contributed by atoms with E-state index in [1.807, 2.05) is 25.1 Å². The minimum absolute atomic E-state index is 0.141. The Morgan fingerprint density at radius 2 is 1.83 bits per heavy atom. The van der Waals surface area contributed by atoms with Gasteiger partial charge in [-0.1, -0.05) is 41.6 Å². The smallest absolute Gasteiger partial charge is 0.261 e. The average Bonchev–Trinajstić information content (AvgIpc) is 2.76. The predicted octanol–water partition coefficient (Wildman–Crippen LogP) is 4.08. The number of amides is 1. The van der Waals surface area contributed by atoms with Gasteiger partial charge in [0, 0.05) is 5.56 Å². The zero-order valence-electron chi connectivity index (χ0n) is 16.7. The first kappa shape index (κ1) is 20.2. The molecule has 3 aromatic carbocycles.